The van der Waals surface area contributed by atoms with E-state index < -0.39 is 0 Å². The number of rotatable bonds is 5. The van der Waals surface area contributed by atoms with E-state index >= 15 is 0 Å². The minimum atomic E-state index is 0.493. The van der Waals surface area contributed by atoms with E-state index in [0.29, 0.717) is 5.41 Å². The minimum Gasteiger partial charge on any atom is -0.493 e. The maximum Gasteiger partial charge on any atom is 0.119 e. The molecule has 0 aromatic heterocycles. The molecule has 2 fully saturated rings. The van der Waals surface area contributed by atoms with Crippen LogP contribution in [0.4, 0.5) is 0 Å². The molecule has 1 unspecified atom stereocenters. The second kappa shape index (κ2) is 6.80. The first-order chi connectivity index (χ1) is 10.2. The lowest BCUT2D eigenvalue weighted by Gasteiger charge is -2.37. The lowest BCUT2D eigenvalue weighted by Crippen LogP contribution is -2.42. The Morgan fingerprint density at radius 1 is 1.24 bits per heavy atom. The molecule has 0 aliphatic carbocycles. The molecule has 2 heterocycles. The van der Waals surface area contributed by atoms with Gasteiger partial charge in [0.15, 0.2) is 0 Å². The topological polar surface area (TPSA) is 24.5 Å². The van der Waals surface area contributed by atoms with Gasteiger partial charge in [-0.3, -0.25) is 0 Å². The molecule has 2 aliphatic heterocycles. The number of benzene rings is 1. The number of nitrogens with one attached hydrogen (secondary N) is 1. The Morgan fingerprint density at radius 2 is 2.00 bits per heavy atom. The van der Waals surface area contributed by atoms with E-state index in [-0.39, 0.29) is 0 Å². The Morgan fingerprint density at radius 3 is 2.67 bits per heavy atom. The molecule has 0 bridgehead atoms. The zero-order chi connectivity index (χ0) is 14.5. The van der Waals surface area contributed by atoms with Gasteiger partial charge in [0, 0.05) is 13.1 Å². The van der Waals surface area contributed by atoms with E-state index in [1.165, 1.54) is 52.0 Å². The average molecular weight is 288 g/mol. The molecule has 1 atom stereocenters. The van der Waals surface area contributed by atoms with Gasteiger partial charge < -0.3 is 15.0 Å². The van der Waals surface area contributed by atoms with Crippen LogP contribution in [-0.4, -0.2) is 44.2 Å². The van der Waals surface area contributed by atoms with E-state index in [9.17, 15) is 0 Å². The summed E-state index contributed by atoms with van der Waals surface area (Å²) in [5, 5.41) is 3.50. The summed E-state index contributed by atoms with van der Waals surface area (Å²) in [5.74, 6) is 1.72. The molecule has 3 nitrogen and oxygen atoms in total. The third-order valence-corrected chi connectivity index (χ3v) is 5.00. The van der Waals surface area contributed by atoms with Gasteiger partial charge in [0.2, 0.25) is 0 Å². The number of hydrogen-bond acceptors (Lipinski definition) is 3. The summed E-state index contributed by atoms with van der Waals surface area (Å²) in [6.07, 6.45) is 3.87. The number of hydrogen-bond donors (Lipinski definition) is 1. The van der Waals surface area contributed by atoms with Crippen molar-refractivity contribution < 1.29 is 4.74 Å². The predicted octanol–water partition coefficient (Wildman–Crippen LogP) is 2.78. The molecule has 1 N–H and O–H groups in total. The molecule has 21 heavy (non-hydrogen) atoms. The Bertz CT molecular complexity index is 420. The van der Waals surface area contributed by atoms with Crippen LogP contribution in [0.1, 0.15) is 26.2 Å². The van der Waals surface area contributed by atoms with Crippen LogP contribution < -0.4 is 10.1 Å². The molecular weight excluding hydrogens is 260 g/mol. The van der Waals surface area contributed by atoms with E-state index in [2.05, 4.69) is 17.1 Å². The second-order valence-electron chi connectivity index (χ2n) is 7.08. The van der Waals surface area contributed by atoms with Crippen molar-refractivity contribution in [1.82, 2.24) is 10.2 Å². The van der Waals surface area contributed by atoms with Crippen molar-refractivity contribution in [3.8, 4) is 5.75 Å². The molecule has 3 heteroatoms. The molecule has 3 rings (SSSR count). The quantitative estimate of drug-likeness (QED) is 0.901. The Hall–Kier alpha value is -1.06. The third kappa shape index (κ3) is 4.21. The van der Waals surface area contributed by atoms with Crippen LogP contribution in [0.15, 0.2) is 30.3 Å². The highest BCUT2D eigenvalue weighted by atomic mass is 16.5. The van der Waals surface area contributed by atoms with Crippen molar-refractivity contribution in [2.45, 2.75) is 26.2 Å². The van der Waals surface area contributed by atoms with Crippen molar-refractivity contribution >= 4 is 0 Å². The van der Waals surface area contributed by atoms with Gasteiger partial charge in [-0.25, -0.2) is 0 Å². The monoisotopic (exact) mass is 288 g/mol. The van der Waals surface area contributed by atoms with E-state index in [0.717, 1.165) is 18.3 Å². The Balaban J connectivity index is 1.39. The largest absolute Gasteiger partial charge is 0.493 e. The van der Waals surface area contributed by atoms with Crippen molar-refractivity contribution in [2.24, 2.45) is 11.3 Å². The normalized spacial score (nSPS) is 27.9. The predicted molar refractivity (Wildman–Crippen MR) is 86.7 cm³/mol. The molecule has 2 saturated heterocycles. The van der Waals surface area contributed by atoms with E-state index in [4.69, 9.17) is 4.74 Å². The molecule has 2 aliphatic rings. The van der Waals surface area contributed by atoms with Crippen LogP contribution in [0.5, 0.6) is 5.75 Å². The second-order valence-corrected chi connectivity index (χ2v) is 7.08. The fraction of sp³-hybridized carbons (Fsp3) is 0.667. The summed E-state index contributed by atoms with van der Waals surface area (Å²) >= 11 is 0. The number of nitrogens with zero attached hydrogens (tertiary/aromatic N) is 1. The average Bonchev–Trinajstić information content (AvgIpc) is 2.94. The number of ether oxygens (including phenoxy) is 1. The van der Waals surface area contributed by atoms with Crippen LogP contribution in [0.2, 0.25) is 0 Å². The first kappa shape index (κ1) is 14.9. The fourth-order valence-corrected chi connectivity index (χ4v) is 3.59. The lowest BCUT2D eigenvalue weighted by atomic mass is 9.87. The Labute approximate surface area is 128 Å². The summed E-state index contributed by atoms with van der Waals surface area (Å²) in [6, 6.07) is 10.2. The summed E-state index contributed by atoms with van der Waals surface area (Å²) < 4.78 is 5.91. The zero-order valence-electron chi connectivity index (χ0n) is 13.2. The van der Waals surface area contributed by atoms with Gasteiger partial charge in [0.25, 0.3) is 0 Å². The molecule has 116 valence electrons. The number of piperidine rings is 1. The van der Waals surface area contributed by atoms with Crippen molar-refractivity contribution in [2.75, 3.05) is 39.3 Å². The summed E-state index contributed by atoms with van der Waals surface area (Å²) in [7, 11) is 0. The first-order valence-electron chi connectivity index (χ1n) is 8.34. The highest BCUT2D eigenvalue weighted by Gasteiger charge is 2.32. The van der Waals surface area contributed by atoms with Gasteiger partial charge in [-0.2, -0.15) is 0 Å². The maximum atomic E-state index is 5.91. The lowest BCUT2D eigenvalue weighted by molar-refractivity contribution is 0.107. The van der Waals surface area contributed by atoms with Crippen LogP contribution >= 0.6 is 0 Å². The van der Waals surface area contributed by atoms with Crippen LogP contribution in [0.25, 0.3) is 0 Å². The van der Waals surface area contributed by atoms with E-state index in [1.807, 2.05) is 30.3 Å². The molecule has 0 radical (unpaired) electrons. The molecule has 0 amide bonds. The summed E-state index contributed by atoms with van der Waals surface area (Å²) in [4.78, 5) is 2.66. The first-order valence-corrected chi connectivity index (χ1v) is 8.34. The summed E-state index contributed by atoms with van der Waals surface area (Å²) in [5.41, 5.74) is 0.493. The van der Waals surface area contributed by atoms with Gasteiger partial charge in [-0.05, 0) is 62.4 Å². The van der Waals surface area contributed by atoms with Crippen molar-refractivity contribution in [3.05, 3.63) is 30.3 Å². The van der Waals surface area contributed by atoms with Gasteiger partial charge in [0.1, 0.15) is 5.75 Å². The third-order valence-electron chi connectivity index (χ3n) is 5.00. The number of likely N-dealkylation sites (tertiary alicyclic amines) is 1. The Kier molecular flexibility index (Phi) is 4.81. The highest BCUT2D eigenvalue weighted by molar-refractivity contribution is 5.20. The summed E-state index contributed by atoms with van der Waals surface area (Å²) in [6.45, 7) is 9.40. The minimum absolute atomic E-state index is 0.493. The van der Waals surface area contributed by atoms with Gasteiger partial charge in [-0.15, -0.1) is 0 Å². The molecule has 1 aromatic carbocycles. The van der Waals surface area contributed by atoms with Crippen LogP contribution in [0, 0.1) is 11.3 Å². The molecule has 1 aromatic rings. The fourth-order valence-electron chi connectivity index (χ4n) is 3.59. The number of para-hydroxylation sites is 1. The van der Waals surface area contributed by atoms with Gasteiger partial charge in [-0.1, -0.05) is 25.1 Å². The van der Waals surface area contributed by atoms with Crippen LogP contribution in [0.3, 0.4) is 0 Å². The van der Waals surface area contributed by atoms with E-state index in [1.54, 1.807) is 0 Å². The SMILES string of the molecule is CC1(CN2CCC(COc3ccccc3)CC2)CCNC1. The van der Waals surface area contributed by atoms with Crippen LogP contribution in [-0.2, 0) is 0 Å². The maximum absolute atomic E-state index is 5.91. The smallest absolute Gasteiger partial charge is 0.119 e. The highest BCUT2D eigenvalue weighted by Crippen LogP contribution is 2.28. The molecular formula is C18H28N2O. The standard InChI is InChI=1S/C18H28N2O/c1-18(9-10-19-14-18)15-20-11-7-16(8-12-20)13-21-17-5-3-2-4-6-17/h2-6,16,19H,7-15H2,1H3. The zero-order valence-corrected chi connectivity index (χ0v) is 13.2. The van der Waals surface area contributed by atoms with Crippen molar-refractivity contribution in [1.29, 1.82) is 0 Å². The van der Waals surface area contributed by atoms with Crippen molar-refractivity contribution in [3.63, 3.8) is 0 Å². The van der Waals surface area contributed by atoms with Gasteiger partial charge in [0.05, 0.1) is 6.61 Å². The van der Waals surface area contributed by atoms with Gasteiger partial charge >= 0.3 is 0 Å². The molecule has 0 saturated carbocycles. The molecule has 0 spiro atoms.